The van der Waals surface area contributed by atoms with Crippen LogP contribution in [0.3, 0.4) is 0 Å². The molecular formula is C20H17ClN2O5. The van der Waals surface area contributed by atoms with Crippen molar-refractivity contribution in [2.24, 2.45) is 0 Å². The van der Waals surface area contributed by atoms with Gasteiger partial charge in [-0.3, -0.25) is 0 Å². The maximum absolute atomic E-state index is 6.41. The molecule has 2 aromatic carbocycles. The molecule has 144 valence electrons. The number of hydrogen-bond acceptors (Lipinski definition) is 7. The van der Waals surface area contributed by atoms with E-state index in [1.54, 1.807) is 26.4 Å². The summed E-state index contributed by atoms with van der Waals surface area (Å²) in [7, 11) is 3.15. The summed E-state index contributed by atoms with van der Waals surface area (Å²) in [4.78, 5) is 4.37. The molecule has 0 amide bonds. The molecule has 7 nitrogen and oxygen atoms in total. The normalized spacial score (nSPS) is 13.3. The van der Waals surface area contributed by atoms with Gasteiger partial charge in [-0.1, -0.05) is 28.9 Å². The summed E-state index contributed by atoms with van der Waals surface area (Å²) in [5.74, 6) is 2.97. The minimum Gasteiger partial charge on any atom is -0.496 e. The number of aromatic nitrogens is 2. The van der Waals surface area contributed by atoms with Gasteiger partial charge < -0.3 is 23.5 Å². The number of rotatable bonds is 5. The van der Waals surface area contributed by atoms with E-state index in [4.69, 9.17) is 35.1 Å². The lowest BCUT2D eigenvalue weighted by molar-refractivity contribution is 0.165. The molecule has 28 heavy (non-hydrogen) atoms. The summed E-state index contributed by atoms with van der Waals surface area (Å²) in [5.41, 5.74) is 1.47. The molecule has 0 saturated carbocycles. The molecule has 4 rings (SSSR count). The number of hydrogen-bond donors (Lipinski definition) is 0. The molecule has 1 aliphatic heterocycles. The van der Waals surface area contributed by atoms with E-state index in [1.165, 1.54) is 0 Å². The smallest absolute Gasteiger partial charge is 0.269 e. The van der Waals surface area contributed by atoms with Crippen molar-refractivity contribution in [2.45, 2.75) is 0 Å². The Morgan fingerprint density at radius 1 is 1.07 bits per heavy atom. The van der Waals surface area contributed by atoms with Crippen molar-refractivity contribution in [1.29, 1.82) is 0 Å². The zero-order valence-corrected chi connectivity index (χ0v) is 16.0. The van der Waals surface area contributed by atoms with Crippen LogP contribution < -0.4 is 18.9 Å². The molecular weight excluding hydrogens is 384 g/mol. The second-order valence-corrected chi connectivity index (χ2v) is 6.27. The van der Waals surface area contributed by atoms with E-state index in [1.807, 2.05) is 30.3 Å². The zero-order valence-electron chi connectivity index (χ0n) is 15.3. The van der Waals surface area contributed by atoms with Crippen LogP contribution in [-0.4, -0.2) is 37.6 Å². The third kappa shape index (κ3) is 3.48. The predicted molar refractivity (Wildman–Crippen MR) is 104 cm³/mol. The largest absolute Gasteiger partial charge is 0.496 e. The molecule has 8 heteroatoms. The molecule has 0 aliphatic carbocycles. The predicted octanol–water partition coefficient (Wildman–Crippen LogP) is 4.26. The number of fused-ring (bicyclic) bond motifs is 1. The molecule has 0 unspecified atom stereocenters. The Hall–Kier alpha value is -3.19. The first-order valence-electron chi connectivity index (χ1n) is 8.52. The van der Waals surface area contributed by atoms with Crippen LogP contribution in [0.15, 0.2) is 40.9 Å². The van der Waals surface area contributed by atoms with Crippen LogP contribution in [0.25, 0.3) is 22.5 Å². The standard InChI is InChI=1S/C20H17ClN2O5/c1-24-15-6-4-3-5-13(15)19-22-20(28-23-19)14(21)9-12-10-16(25-2)18-17(11-12)26-7-8-27-18/h3-6,9-11H,7-8H2,1-2H3/b14-9-. The number of halogens is 1. The third-order valence-electron chi connectivity index (χ3n) is 4.12. The van der Waals surface area contributed by atoms with E-state index >= 15 is 0 Å². The summed E-state index contributed by atoms with van der Waals surface area (Å²) in [6.45, 7) is 0.954. The summed E-state index contributed by atoms with van der Waals surface area (Å²) in [6.07, 6.45) is 1.70. The zero-order chi connectivity index (χ0) is 19.5. The molecule has 0 bridgehead atoms. The first-order valence-corrected chi connectivity index (χ1v) is 8.89. The molecule has 0 saturated heterocycles. The van der Waals surface area contributed by atoms with Crippen molar-refractivity contribution in [3.63, 3.8) is 0 Å². The van der Waals surface area contributed by atoms with Crippen LogP contribution in [0.1, 0.15) is 11.5 Å². The average Bonchev–Trinajstić information content (AvgIpc) is 3.23. The minimum absolute atomic E-state index is 0.191. The monoisotopic (exact) mass is 400 g/mol. The molecule has 0 fully saturated rings. The Balaban J connectivity index is 1.66. The summed E-state index contributed by atoms with van der Waals surface area (Å²) in [6, 6.07) is 11.0. The van der Waals surface area contributed by atoms with Gasteiger partial charge in [-0.05, 0) is 35.9 Å². The molecule has 0 atom stereocenters. The topological polar surface area (TPSA) is 75.8 Å². The highest BCUT2D eigenvalue weighted by atomic mass is 35.5. The SMILES string of the molecule is COc1ccccc1-c1noc(/C(Cl)=C/c2cc(OC)c3c(c2)OCCO3)n1. The van der Waals surface area contributed by atoms with E-state index in [-0.39, 0.29) is 10.9 Å². The quantitative estimate of drug-likeness (QED) is 0.633. The van der Waals surface area contributed by atoms with Crippen molar-refractivity contribution in [3.05, 3.63) is 47.9 Å². The molecule has 1 aromatic heterocycles. The van der Waals surface area contributed by atoms with Crippen LogP contribution >= 0.6 is 11.6 Å². The van der Waals surface area contributed by atoms with E-state index < -0.39 is 0 Å². The highest BCUT2D eigenvalue weighted by Gasteiger charge is 2.19. The number of para-hydroxylation sites is 1. The molecule has 0 radical (unpaired) electrons. The van der Waals surface area contributed by atoms with Crippen LogP contribution in [0, 0.1) is 0 Å². The van der Waals surface area contributed by atoms with Crippen molar-refractivity contribution in [1.82, 2.24) is 10.1 Å². The summed E-state index contributed by atoms with van der Waals surface area (Å²) in [5, 5.41) is 4.29. The molecule has 1 aliphatic rings. The van der Waals surface area contributed by atoms with Crippen LogP contribution in [0.5, 0.6) is 23.0 Å². The Morgan fingerprint density at radius 3 is 2.68 bits per heavy atom. The molecule has 3 aromatic rings. The number of methoxy groups -OCH3 is 2. The summed E-state index contributed by atoms with van der Waals surface area (Å²) >= 11 is 6.41. The van der Waals surface area contributed by atoms with E-state index in [0.717, 1.165) is 5.56 Å². The number of nitrogens with zero attached hydrogens (tertiary/aromatic N) is 2. The van der Waals surface area contributed by atoms with E-state index in [2.05, 4.69) is 10.1 Å². The highest BCUT2D eigenvalue weighted by molar-refractivity contribution is 6.50. The minimum atomic E-state index is 0.191. The van der Waals surface area contributed by atoms with E-state index in [9.17, 15) is 0 Å². The van der Waals surface area contributed by atoms with Gasteiger partial charge in [0.2, 0.25) is 11.6 Å². The Labute approximate surface area is 166 Å². The lowest BCUT2D eigenvalue weighted by Crippen LogP contribution is -2.16. The molecule has 2 heterocycles. The van der Waals surface area contributed by atoms with Gasteiger partial charge in [-0.15, -0.1) is 0 Å². The fourth-order valence-corrected chi connectivity index (χ4v) is 3.05. The fraction of sp³-hybridized carbons (Fsp3) is 0.200. The second-order valence-electron chi connectivity index (χ2n) is 5.86. The first-order chi connectivity index (χ1) is 13.7. The van der Waals surface area contributed by atoms with Gasteiger partial charge >= 0.3 is 0 Å². The van der Waals surface area contributed by atoms with Crippen LogP contribution in [-0.2, 0) is 0 Å². The first kappa shape index (κ1) is 18.2. The lowest BCUT2D eigenvalue weighted by Gasteiger charge is -2.21. The van der Waals surface area contributed by atoms with Crippen LogP contribution in [0.2, 0.25) is 0 Å². The van der Waals surface area contributed by atoms with Crippen molar-refractivity contribution in [2.75, 3.05) is 27.4 Å². The summed E-state index contributed by atoms with van der Waals surface area (Å²) < 4.78 is 27.3. The van der Waals surface area contributed by atoms with Gasteiger partial charge in [0.25, 0.3) is 5.89 Å². The van der Waals surface area contributed by atoms with Gasteiger partial charge in [-0.2, -0.15) is 4.98 Å². The Bertz CT molecular complexity index is 1010. The van der Waals surface area contributed by atoms with Crippen molar-refractivity contribution < 1.29 is 23.5 Å². The highest BCUT2D eigenvalue weighted by Crippen LogP contribution is 2.41. The van der Waals surface area contributed by atoms with Crippen LogP contribution in [0.4, 0.5) is 0 Å². The van der Waals surface area contributed by atoms with Gasteiger partial charge in [0, 0.05) is 0 Å². The second kappa shape index (κ2) is 7.82. The number of ether oxygens (including phenoxy) is 4. The van der Waals surface area contributed by atoms with Gasteiger partial charge in [0.05, 0.1) is 19.8 Å². The number of benzene rings is 2. The maximum atomic E-state index is 6.41. The lowest BCUT2D eigenvalue weighted by atomic mass is 10.1. The molecule has 0 spiro atoms. The third-order valence-corrected chi connectivity index (χ3v) is 4.39. The van der Waals surface area contributed by atoms with Crippen molar-refractivity contribution in [3.8, 4) is 34.4 Å². The van der Waals surface area contributed by atoms with E-state index in [0.29, 0.717) is 47.6 Å². The molecule has 0 N–H and O–H groups in total. The Kier molecular flexibility index (Phi) is 5.08. The van der Waals surface area contributed by atoms with Gasteiger partial charge in [-0.25, -0.2) is 0 Å². The van der Waals surface area contributed by atoms with Gasteiger partial charge in [0.1, 0.15) is 24.0 Å². The average molecular weight is 401 g/mol. The Morgan fingerprint density at radius 2 is 1.86 bits per heavy atom. The maximum Gasteiger partial charge on any atom is 0.269 e. The van der Waals surface area contributed by atoms with Crippen molar-refractivity contribution >= 4 is 22.7 Å². The van der Waals surface area contributed by atoms with Gasteiger partial charge in [0.15, 0.2) is 11.5 Å². The fourth-order valence-electron chi connectivity index (χ4n) is 2.84.